The zero-order valence-electron chi connectivity index (χ0n) is 14.3. The number of nitrogens with one attached hydrogen (secondary N) is 1. The van der Waals surface area contributed by atoms with E-state index in [0.717, 1.165) is 5.92 Å². The van der Waals surface area contributed by atoms with Crippen LogP contribution in [0.4, 0.5) is 0 Å². The first-order valence-electron chi connectivity index (χ1n) is 8.48. The van der Waals surface area contributed by atoms with Crippen molar-refractivity contribution in [2.45, 2.75) is 96.2 Å². The fourth-order valence-corrected chi connectivity index (χ4v) is 7.73. The van der Waals surface area contributed by atoms with Crippen molar-refractivity contribution >= 4 is 17.0 Å². The van der Waals surface area contributed by atoms with Gasteiger partial charge in [0, 0.05) is 13.6 Å². The van der Waals surface area contributed by atoms with Crippen molar-refractivity contribution < 1.29 is 0 Å². The van der Waals surface area contributed by atoms with Crippen molar-refractivity contribution in [1.29, 1.82) is 0 Å². The largest absolute Gasteiger partial charge is 0.335 e. The van der Waals surface area contributed by atoms with Gasteiger partial charge in [-0.2, -0.15) is 0 Å². The Bertz CT molecular complexity index is 252. The first-order valence-corrected chi connectivity index (χ1v) is 14.7. The van der Waals surface area contributed by atoms with Crippen LogP contribution in [0.25, 0.3) is 0 Å². The lowest BCUT2D eigenvalue weighted by atomic mass is 9.77. The molecule has 0 aromatic heterocycles. The average molecular weight is 300 g/mol. The summed E-state index contributed by atoms with van der Waals surface area (Å²) in [5.74, 6) is 0.924. The molecule has 114 valence electrons. The molecule has 0 aromatic carbocycles. The van der Waals surface area contributed by atoms with E-state index in [4.69, 9.17) is 0 Å². The number of rotatable bonds is 7. The molecular weight excluding hydrogens is 262 g/mol. The highest BCUT2D eigenvalue weighted by Crippen LogP contribution is 2.32. The molecule has 0 amide bonds. The summed E-state index contributed by atoms with van der Waals surface area (Å²) in [6.07, 6.45) is 8.77. The summed E-state index contributed by atoms with van der Waals surface area (Å²) in [5, 5.41) is 0. The fourth-order valence-electron chi connectivity index (χ4n) is 3.59. The zero-order valence-corrected chi connectivity index (χ0v) is 16.5. The lowest BCUT2D eigenvalue weighted by Crippen LogP contribution is -2.52. The molecule has 0 aliphatic heterocycles. The van der Waals surface area contributed by atoms with E-state index >= 15 is 0 Å². The molecule has 3 heteroatoms. The van der Waals surface area contributed by atoms with Gasteiger partial charge in [-0.1, -0.05) is 57.9 Å². The molecule has 1 unspecified atom stereocenters. The molecule has 1 rings (SSSR count). The van der Waals surface area contributed by atoms with Gasteiger partial charge in [-0.05, 0) is 38.7 Å². The highest BCUT2D eigenvalue weighted by Gasteiger charge is 2.31. The SMILES string of the molecule is C[SiH](CCC[Si](C)(C)C)NC(C)(C)C1CCCCC1. The van der Waals surface area contributed by atoms with Gasteiger partial charge in [-0.3, -0.25) is 0 Å². The molecule has 1 N–H and O–H groups in total. The maximum Gasteiger partial charge on any atom is 0.106 e. The second-order valence-electron chi connectivity index (χ2n) is 8.55. The van der Waals surface area contributed by atoms with Gasteiger partial charge in [0.2, 0.25) is 0 Å². The Morgan fingerprint density at radius 2 is 1.68 bits per heavy atom. The Morgan fingerprint density at radius 1 is 1.11 bits per heavy atom. The van der Waals surface area contributed by atoms with E-state index in [1.807, 2.05) is 0 Å². The molecule has 1 atom stereocenters. The van der Waals surface area contributed by atoms with Crippen molar-refractivity contribution in [2.24, 2.45) is 5.92 Å². The van der Waals surface area contributed by atoms with E-state index < -0.39 is 17.0 Å². The molecule has 1 aliphatic rings. The number of hydrogen-bond donors (Lipinski definition) is 1. The summed E-state index contributed by atoms with van der Waals surface area (Å²) in [6, 6.07) is 3.00. The van der Waals surface area contributed by atoms with E-state index in [9.17, 15) is 0 Å². The van der Waals surface area contributed by atoms with Gasteiger partial charge in [0.15, 0.2) is 0 Å². The third-order valence-electron chi connectivity index (χ3n) is 4.81. The molecule has 0 saturated heterocycles. The van der Waals surface area contributed by atoms with Crippen LogP contribution in [-0.2, 0) is 0 Å². The van der Waals surface area contributed by atoms with Gasteiger partial charge in [-0.25, -0.2) is 0 Å². The van der Waals surface area contributed by atoms with Crippen LogP contribution in [0.1, 0.15) is 52.4 Å². The maximum absolute atomic E-state index is 4.07. The standard InChI is InChI=1S/C16H37NSi2/c1-16(2,15-11-8-7-9-12-15)17-18(3)13-10-14-19(4,5)6/h15,17-18H,7-14H2,1-6H3. The topological polar surface area (TPSA) is 12.0 Å². The Kier molecular flexibility index (Phi) is 6.81. The van der Waals surface area contributed by atoms with Crippen molar-refractivity contribution in [3.63, 3.8) is 0 Å². The molecule has 19 heavy (non-hydrogen) atoms. The van der Waals surface area contributed by atoms with Crippen LogP contribution in [0.3, 0.4) is 0 Å². The van der Waals surface area contributed by atoms with E-state index in [1.54, 1.807) is 0 Å². The zero-order chi connectivity index (χ0) is 14.5. The highest BCUT2D eigenvalue weighted by atomic mass is 28.3. The quantitative estimate of drug-likeness (QED) is 0.651. The molecule has 0 radical (unpaired) electrons. The highest BCUT2D eigenvalue weighted by molar-refractivity contribution is 6.76. The Hall–Kier alpha value is 0.394. The van der Waals surface area contributed by atoms with Gasteiger partial charge >= 0.3 is 0 Å². The molecular formula is C16H37NSi2. The maximum atomic E-state index is 4.07. The van der Waals surface area contributed by atoms with E-state index in [0.29, 0.717) is 5.54 Å². The van der Waals surface area contributed by atoms with Crippen molar-refractivity contribution in [3.8, 4) is 0 Å². The van der Waals surface area contributed by atoms with Crippen LogP contribution in [-0.4, -0.2) is 22.6 Å². The minimum atomic E-state index is -0.820. The summed E-state index contributed by atoms with van der Waals surface area (Å²) in [5.41, 5.74) is 0.394. The second-order valence-corrected chi connectivity index (χ2v) is 16.8. The van der Waals surface area contributed by atoms with Gasteiger partial charge in [0.1, 0.15) is 8.96 Å². The van der Waals surface area contributed by atoms with Crippen LogP contribution < -0.4 is 4.98 Å². The first kappa shape index (κ1) is 17.4. The molecule has 0 aromatic rings. The van der Waals surface area contributed by atoms with Gasteiger partial charge < -0.3 is 4.98 Å². The smallest absolute Gasteiger partial charge is 0.106 e. The predicted molar refractivity (Wildman–Crippen MR) is 94.4 cm³/mol. The summed E-state index contributed by atoms with van der Waals surface area (Å²) >= 11 is 0. The molecule has 1 saturated carbocycles. The molecule has 1 nitrogen and oxygen atoms in total. The number of hydrogen-bond acceptors (Lipinski definition) is 1. The fraction of sp³-hybridized carbons (Fsp3) is 1.00. The lowest BCUT2D eigenvalue weighted by molar-refractivity contribution is 0.221. The minimum Gasteiger partial charge on any atom is -0.335 e. The Labute approximate surface area is 124 Å². The Balaban J connectivity index is 2.31. The molecule has 1 aliphatic carbocycles. The van der Waals surface area contributed by atoms with Crippen LogP contribution in [0, 0.1) is 5.92 Å². The molecule has 1 fully saturated rings. The van der Waals surface area contributed by atoms with Crippen molar-refractivity contribution in [2.75, 3.05) is 0 Å². The first-order chi connectivity index (χ1) is 8.71. The predicted octanol–water partition coefficient (Wildman–Crippen LogP) is 5.02. The summed E-state index contributed by atoms with van der Waals surface area (Å²) in [6.45, 7) is 14.9. The van der Waals surface area contributed by atoms with Gasteiger partial charge in [-0.15, -0.1) is 0 Å². The third-order valence-corrected chi connectivity index (χ3v) is 9.17. The molecule has 0 spiro atoms. The second kappa shape index (κ2) is 7.42. The van der Waals surface area contributed by atoms with E-state index in [-0.39, 0.29) is 0 Å². The van der Waals surface area contributed by atoms with Crippen molar-refractivity contribution in [3.05, 3.63) is 0 Å². The van der Waals surface area contributed by atoms with Crippen molar-refractivity contribution in [1.82, 2.24) is 4.98 Å². The van der Waals surface area contributed by atoms with Crippen LogP contribution in [0.5, 0.6) is 0 Å². The van der Waals surface area contributed by atoms with Crippen LogP contribution >= 0.6 is 0 Å². The van der Waals surface area contributed by atoms with Crippen LogP contribution in [0.15, 0.2) is 0 Å². The van der Waals surface area contributed by atoms with Gasteiger partial charge in [0.25, 0.3) is 0 Å². The van der Waals surface area contributed by atoms with Gasteiger partial charge in [0.05, 0.1) is 0 Å². The third kappa shape index (κ3) is 7.10. The lowest BCUT2D eigenvalue weighted by Gasteiger charge is -2.40. The summed E-state index contributed by atoms with van der Waals surface area (Å²) < 4.78 is 0. The molecule has 0 heterocycles. The Morgan fingerprint density at radius 3 is 2.21 bits per heavy atom. The molecule has 0 bridgehead atoms. The van der Waals surface area contributed by atoms with E-state index in [1.165, 1.54) is 50.6 Å². The van der Waals surface area contributed by atoms with Crippen LogP contribution in [0.2, 0.25) is 38.3 Å². The normalized spacial score (nSPS) is 20.5. The van der Waals surface area contributed by atoms with E-state index in [2.05, 4.69) is 45.0 Å². The average Bonchev–Trinajstić information content (AvgIpc) is 2.27. The summed E-state index contributed by atoms with van der Waals surface area (Å²) in [7, 11) is -1.54. The minimum absolute atomic E-state index is 0.394. The summed E-state index contributed by atoms with van der Waals surface area (Å²) in [4.78, 5) is 4.07. The monoisotopic (exact) mass is 299 g/mol.